The number of carbonyl (C=O) groups is 2. The monoisotopic (exact) mass is 425 g/mol. The van der Waals surface area contributed by atoms with Gasteiger partial charge in [0.25, 0.3) is 0 Å². The average Bonchev–Trinajstić information content (AvgIpc) is 2.71. The first-order valence-corrected chi connectivity index (χ1v) is 11.4. The number of aliphatic hydroxyl groups excluding tert-OH is 1. The summed E-state index contributed by atoms with van der Waals surface area (Å²) in [5, 5.41) is 14.3. The minimum absolute atomic E-state index is 0.138. The second-order valence-electron chi connectivity index (χ2n) is 7.70. The fourth-order valence-electron chi connectivity index (χ4n) is 3.39. The molecule has 9 heteroatoms. The van der Waals surface area contributed by atoms with E-state index >= 15 is 0 Å². The van der Waals surface area contributed by atoms with Crippen molar-refractivity contribution in [2.45, 2.75) is 44.0 Å². The summed E-state index contributed by atoms with van der Waals surface area (Å²) in [5.74, 6) is -0.674. The number of hydrogen-bond donors (Lipinski definition) is 3. The number of rotatable bonds is 9. The maximum absolute atomic E-state index is 12.7. The predicted octanol–water partition coefficient (Wildman–Crippen LogP) is 0.727. The lowest BCUT2D eigenvalue weighted by Crippen LogP contribution is -2.51. The van der Waals surface area contributed by atoms with Crippen molar-refractivity contribution in [3.05, 3.63) is 30.3 Å². The highest BCUT2D eigenvalue weighted by atomic mass is 32.2. The fraction of sp³-hybridized carbons (Fsp3) is 0.600. The van der Waals surface area contributed by atoms with Gasteiger partial charge >= 0.3 is 0 Å². The van der Waals surface area contributed by atoms with Gasteiger partial charge in [-0.1, -0.05) is 32.0 Å². The molecule has 29 heavy (non-hydrogen) atoms. The Bertz CT molecular complexity index is 775. The number of sulfonamides is 1. The highest BCUT2D eigenvalue weighted by molar-refractivity contribution is 7.89. The van der Waals surface area contributed by atoms with E-state index in [-0.39, 0.29) is 54.8 Å². The molecule has 1 atom stereocenters. The topological polar surface area (TPSA) is 116 Å². The molecule has 1 heterocycles. The van der Waals surface area contributed by atoms with Crippen molar-refractivity contribution in [1.29, 1.82) is 0 Å². The molecule has 3 N–H and O–H groups in total. The number of amides is 2. The summed E-state index contributed by atoms with van der Waals surface area (Å²) >= 11 is 0. The van der Waals surface area contributed by atoms with E-state index in [9.17, 15) is 18.0 Å². The highest BCUT2D eigenvalue weighted by Gasteiger charge is 2.33. The van der Waals surface area contributed by atoms with E-state index < -0.39 is 16.1 Å². The number of piperidine rings is 1. The molecule has 2 amide bonds. The first-order valence-electron chi connectivity index (χ1n) is 9.99. The number of benzene rings is 1. The molecule has 0 aromatic heterocycles. The summed E-state index contributed by atoms with van der Waals surface area (Å²) in [6.07, 6.45) is 1.30. The largest absolute Gasteiger partial charge is 0.395 e. The van der Waals surface area contributed by atoms with Crippen LogP contribution in [0, 0.1) is 11.8 Å². The Labute approximate surface area is 172 Å². The molecule has 1 aliphatic rings. The van der Waals surface area contributed by atoms with E-state index in [2.05, 4.69) is 10.6 Å². The molecule has 0 bridgehead atoms. The Morgan fingerprint density at radius 2 is 1.79 bits per heavy atom. The molecule has 0 radical (unpaired) electrons. The molecule has 0 unspecified atom stereocenters. The van der Waals surface area contributed by atoms with Crippen LogP contribution in [0.5, 0.6) is 0 Å². The number of hydrogen-bond acceptors (Lipinski definition) is 5. The minimum Gasteiger partial charge on any atom is -0.395 e. The summed E-state index contributed by atoms with van der Waals surface area (Å²) in [6.45, 7) is 4.43. The van der Waals surface area contributed by atoms with E-state index in [1.54, 1.807) is 30.3 Å². The van der Waals surface area contributed by atoms with Gasteiger partial charge in [-0.25, -0.2) is 8.42 Å². The van der Waals surface area contributed by atoms with Crippen LogP contribution in [0.2, 0.25) is 0 Å². The van der Waals surface area contributed by atoms with E-state index in [1.165, 1.54) is 4.31 Å². The summed E-state index contributed by atoms with van der Waals surface area (Å²) in [7, 11) is -3.56. The van der Waals surface area contributed by atoms with Crippen LogP contribution in [-0.4, -0.2) is 61.9 Å². The summed E-state index contributed by atoms with van der Waals surface area (Å²) in [6, 6.07) is 7.60. The molecule has 8 nitrogen and oxygen atoms in total. The first kappa shape index (κ1) is 23.3. The maximum Gasteiger partial charge on any atom is 0.243 e. The van der Waals surface area contributed by atoms with Gasteiger partial charge in [-0.05, 0) is 37.3 Å². The molecule has 0 saturated carbocycles. The van der Waals surface area contributed by atoms with Gasteiger partial charge in [-0.2, -0.15) is 4.31 Å². The molecule has 0 aliphatic carbocycles. The molecule has 1 aromatic carbocycles. The smallest absolute Gasteiger partial charge is 0.243 e. The summed E-state index contributed by atoms with van der Waals surface area (Å²) in [4.78, 5) is 25.2. The third-order valence-electron chi connectivity index (χ3n) is 4.96. The van der Waals surface area contributed by atoms with Gasteiger partial charge in [0, 0.05) is 25.6 Å². The Balaban J connectivity index is 1.95. The number of aliphatic hydroxyl groups is 1. The minimum atomic E-state index is -3.56. The lowest BCUT2D eigenvalue weighted by molar-refractivity contribution is -0.132. The van der Waals surface area contributed by atoms with Crippen molar-refractivity contribution in [3.8, 4) is 0 Å². The van der Waals surface area contributed by atoms with Crippen molar-refractivity contribution in [2.24, 2.45) is 11.8 Å². The van der Waals surface area contributed by atoms with Crippen LogP contribution in [0.4, 0.5) is 0 Å². The standard InChI is InChI=1S/C20H31N3O5S/c1-15(2)14-18(20(26)21-10-13-24)22-19(25)16-8-11-23(12-9-16)29(27,28)17-6-4-3-5-7-17/h3-7,15-16,18,24H,8-14H2,1-2H3,(H,21,26)(H,22,25)/t18-/m0/s1. The number of nitrogens with one attached hydrogen (secondary N) is 2. The summed E-state index contributed by atoms with van der Waals surface area (Å²) < 4.78 is 26.8. The molecule has 1 saturated heterocycles. The number of nitrogens with zero attached hydrogens (tertiary/aromatic N) is 1. The Kier molecular flexibility index (Phi) is 8.60. The van der Waals surface area contributed by atoms with Gasteiger partial charge in [0.2, 0.25) is 21.8 Å². The maximum atomic E-state index is 12.7. The van der Waals surface area contributed by atoms with Crippen LogP contribution >= 0.6 is 0 Å². The first-order chi connectivity index (χ1) is 13.8. The molecule has 0 spiro atoms. The van der Waals surface area contributed by atoms with E-state index in [4.69, 9.17) is 5.11 Å². The molecular weight excluding hydrogens is 394 g/mol. The van der Waals surface area contributed by atoms with Crippen molar-refractivity contribution in [3.63, 3.8) is 0 Å². The van der Waals surface area contributed by atoms with Crippen molar-refractivity contribution in [2.75, 3.05) is 26.2 Å². The second kappa shape index (κ2) is 10.7. The lowest BCUT2D eigenvalue weighted by Gasteiger charge is -2.31. The van der Waals surface area contributed by atoms with Gasteiger partial charge in [-0.3, -0.25) is 9.59 Å². The zero-order valence-electron chi connectivity index (χ0n) is 17.0. The quantitative estimate of drug-likeness (QED) is 0.539. The van der Waals surface area contributed by atoms with Crippen molar-refractivity contribution in [1.82, 2.24) is 14.9 Å². The normalized spacial score (nSPS) is 17.1. The average molecular weight is 426 g/mol. The molecule has 1 aromatic rings. The third kappa shape index (κ3) is 6.52. The third-order valence-corrected chi connectivity index (χ3v) is 6.87. The number of carbonyl (C=O) groups excluding carboxylic acids is 2. The Hall–Kier alpha value is -1.97. The van der Waals surface area contributed by atoms with Gasteiger partial charge in [0.15, 0.2) is 0 Å². The van der Waals surface area contributed by atoms with E-state index in [0.717, 1.165) is 0 Å². The molecular formula is C20H31N3O5S. The molecule has 1 aliphatic heterocycles. The van der Waals surface area contributed by atoms with Crippen molar-refractivity contribution < 1.29 is 23.1 Å². The van der Waals surface area contributed by atoms with Gasteiger partial charge in [0.1, 0.15) is 6.04 Å². The fourth-order valence-corrected chi connectivity index (χ4v) is 4.89. The van der Waals surface area contributed by atoms with Gasteiger partial charge < -0.3 is 15.7 Å². The Morgan fingerprint density at radius 1 is 1.17 bits per heavy atom. The van der Waals surface area contributed by atoms with E-state index in [0.29, 0.717) is 19.3 Å². The predicted molar refractivity (Wildman–Crippen MR) is 109 cm³/mol. The van der Waals surface area contributed by atoms with Gasteiger partial charge in [0.05, 0.1) is 11.5 Å². The Morgan fingerprint density at radius 3 is 2.34 bits per heavy atom. The van der Waals surface area contributed by atoms with Crippen LogP contribution in [0.15, 0.2) is 35.2 Å². The molecule has 1 fully saturated rings. The van der Waals surface area contributed by atoms with Crippen LogP contribution in [0.3, 0.4) is 0 Å². The van der Waals surface area contributed by atoms with Crippen LogP contribution in [-0.2, 0) is 19.6 Å². The van der Waals surface area contributed by atoms with Crippen LogP contribution < -0.4 is 10.6 Å². The SMILES string of the molecule is CC(C)C[C@H](NC(=O)C1CCN(S(=O)(=O)c2ccccc2)CC1)C(=O)NCCO. The van der Waals surface area contributed by atoms with Crippen LogP contribution in [0.1, 0.15) is 33.1 Å². The molecule has 162 valence electrons. The highest BCUT2D eigenvalue weighted by Crippen LogP contribution is 2.24. The second-order valence-corrected chi connectivity index (χ2v) is 9.63. The lowest BCUT2D eigenvalue weighted by atomic mass is 9.95. The van der Waals surface area contributed by atoms with Crippen LogP contribution in [0.25, 0.3) is 0 Å². The van der Waals surface area contributed by atoms with Crippen molar-refractivity contribution >= 4 is 21.8 Å². The summed E-state index contributed by atoms with van der Waals surface area (Å²) in [5.41, 5.74) is 0. The van der Waals surface area contributed by atoms with Gasteiger partial charge in [-0.15, -0.1) is 0 Å². The zero-order valence-corrected chi connectivity index (χ0v) is 17.8. The zero-order chi connectivity index (χ0) is 21.4. The van der Waals surface area contributed by atoms with E-state index in [1.807, 2.05) is 13.8 Å². The molecule has 2 rings (SSSR count).